The van der Waals surface area contributed by atoms with Crippen molar-refractivity contribution in [2.24, 2.45) is 0 Å². The summed E-state index contributed by atoms with van der Waals surface area (Å²) in [6, 6.07) is 12.5. The van der Waals surface area contributed by atoms with Crippen LogP contribution in [0.2, 0.25) is 15.3 Å². The summed E-state index contributed by atoms with van der Waals surface area (Å²) in [4.78, 5) is 7.86. The van der Waals surface area contributed by atoms with Gasteiger partial charge in [0.1, 0.15) is 0 Å². The Hall–Kier alpha value is -1.74. The van der Waals surface area contributed by atoms with E-state index in [1.807, 2.05) is 0 Å². The molecule has 0 aliphatic carbocycles. The lowest BCUT2D eigenvalue weighted by Gasteiger charge is -2.13. The van der Waals surface area contributed by atoms with Gasteiger partial charge in [0.15, 0.2) is 0 Å². The van der Waals surface area contributed by atoms with Crippen molar-refractivity contribution in [2.45, 2.75) is 11.0 Å². The maximum atomic E-state index is 12.5. The molecule has 6 nitrogen and oxygen atoms in total. The minimum Gasteiger partial charge on any atom is -0.387 e. The van der Waals surface area contributed by atoms with E-state index >= 15 is 0 Å². The summed E-state index contributed by atoms with van der Waals surface area (Å²) in [6.45, 7) is -0.197. The molecule has 0 aliphatic rings. The fourth-order valence-corrected chi connectivity index (χ4v) is 4.01. The molecular weight excluding hydrogens is 445 g/mol. The van der Waals surface area contributed by atoms with E-state index < -0.39 is 16.1 Å². The fourth-order valence-electron chi connectivity index (χ4n) is 2.44. The average molecular weight is 459 g/mol. The minimum atomic E-state index is -3.83. The van der Waals surface area contributed by atoms with Gasteiger partial charge < -0.3 is 5.11 Å². The molecule has 2 aromatic carbocycles. The Balaban J connectivity index is 1.74. The van der Waals surface area contributed by atoms with E-state index in [2.05, 4.69) is 14.7 Å². The molecule has 1 atom stereocenters. The zero-order valence-corrected chi connectivity index (χ0v) is 17.3. The van der Waals surface area contributed by atoms with Gasteiger partial charge in [0, 0.05) is 17.1 Å². The normalized spacial score (nSPS) is 12.7. The van der Waals surface area contributed by atoms with Crippen LogP contribution in [-0.2, 0) is 10.0 Å². The van der Waals surface area contributed by atoms with E-state index in [1.54, 1.807) is 36.4 Å². The number of nitrogens with zero attached hydrogens (tertiary/aromatic N) is 2. The molecule has 3 aromatic rings. The van der Waals surface area contributed by atoms with Crippen LogP contribution >= 0.6 is 34.8 Å². The highest BCUT2D eigenvalue weighted by atomic mass is 35.5. The predicted molar refractivity (Wildman–Crippen MR) is 109 cm³/mol. The smallest absolute Gasteiger partial charge is 0.240 e. The number of nitrogens with one attached hydrogen (secondary N) is 1. The van der Waals surface area contributed by atoms with Crippen LogP contribution < -0.4 is 4.72 Å². The second-order valence-corrected chi connectivity index (χ2v) is 8.73. The van der Waals surface area contributed by atoms with E-state index in [0.29, 0.717) is 26.9 Å². The van der Waals surface area contributed by atoms with Gasteiger partial charge in [-0.25, -0.2) is 23.1 Å². The Labute approximate surface area is 177 Å². The first kappa shape index (κ1) is 21.0. The third-order valence-corrected chi connectivity index (χ3v) is 5.99. The summed E-state index contributed by atoms with van der Waals surface area (Å²) < 4.78 is 27.3. The first-order valence-corrected chi connectivity index (χ1v) is 10.6. The number of aromatic nitrogens is 2. The molecule has 3 rings (SSSR count). The highest BCUT2D eigenvalue weighted by molar-refractivity contribution is 7.89. The largest absolute Gasteiger partial charge is 0.387 e. The topological polar surface area (TPSA) is 92.2 Å². The van der Waals surface area contributed by atoms with E-state index in [4.69, 9.17) is 34.8 Å². The standard InChI is InChI=1S/C18H14Cl3N3O3S/c19-13-3-1-2-12(8-13)16(25)10-23-28(26,27)14-6-4-11(5-7-14)17-15(20)9-22-18(21)24-17/h1-9,16,23,25H,10H2. The van der Waals surface area contributed by atoms with Crippen LogP contribution in [-0.4, -0.2) is 30.0 Å². The lowest BCUT2D eigenvalue weighted by molar-refractivity contribution is 0.182. The molecular formula is C18H14Cl3N3O3S. The third kappa shape index (κ3) is 5.00. The van der Waals surface area contributed by atoms with Crippen molar-refractivity contribution >= 4 is 44.8 Å². The number of benzene rings is 2. The molecule has 1 aromatic heterocycles. The molecule has 0 fully saturated rings. The molecule has 0 saturated carbocycles. The van der Waals surface area contributed by atoms with Crippen molar-refractivity contribution in [3.63, 3.8) is 0 Å². The van der Waals surface area contributed by atoms with Gasteiger partial charge in [-0.05, 0) is 41.4 Å². The Morgan fingerprint density at radius 3 is 2.46 bits per heavy atom. The number of rotatable bonds is 6. The van der Waals surface area contributed by atoms with Crippen molar-refractivity contribution < 1.29 is 13.5 Å². The molecule has 0 spiro atoms. The van der Waals surface area contributed by atoms with Crippen LogP contribution in [0, 0.1) is 0 Å². The molecule has 146 valence electrons. The third-order valence-electron chi connectivity index (χ3n) is 3.85. The van der Waals surface area contributed by atoms with Crippen molar-refractivity contribution in [3.05, 3.63) is 75.6 Å². The molecule has 0 aliphatic heterocycles. The summed E-state index contributed by atoms with van der Waals surface area (Å²) in [6.07, 6.45) is 0.338. The number of sulfonamides is 1. The summed E-state index contributed by atoms with van der Waals surface area (Å²) in [7, 11) is -3.83. The average Bonchev–Trinajstić information content (AvgIpc) is 2.68. The fraction of sp³-hybridized carbons (Fsp3) is 0.111. The van der Waals surface area contributed by atoms with Gasteiger partial charge in [-0.2, -0.15) is 0 Å². The highest BCUT2D eigenvalue weighted by Gasteiger charge is 2.17. The molecule has 2 N–H and O–H groups in total. The molecule has 10 heteroatoms. The number of halogens is 3. The first-order valence-electron chi connectivity index (χ1n) is 7.98. The summed E-state index contributed by atoms with van der Waals surface area (Å²) in [5.41, 5.74) is 1.50. The maximum Gasteiger partial charge on any atom is 0.240 e. The number of hydrogen-bond acceptors (Lipinski definition) is 5. The Morgan fingerprint density at radius 1 is 1.07 bits per heavy atom. The monoisotopic (exact) mass is 457 g/mol. The van der Waals surface area contributed by atoms with Crippen LogP contribution in [0.15, 0.2) is 59.6 Å². The van der Waals surface area contributed by atoms with Crippen LogP contribution in [0.3, 0.4) is 0 Å². The van der Waals surface area contributed by atoms with Crippen molar-refractivity contribution in [2.75, 3.05) is 6.54 Å². The van der Waals surface area contributed by atoms with E-state index in [9.17, 15) is 13.5 Å². The van der Waals surface area contributed by atoms with Gasteiger partial charge in [-0.3, -0.25) is 0 Å². The molecule has 1 unspecified atom stereocenters. The first-order chi connectivity index (χ1) is 13.3. The molecule has 0 radical (unpaired) electrons. The predicted octanol–water partition coefficient (Wildman–Crippen LogP) is 4.12. The zero-order chi connectivity index (χ0) is 20.3. The Morgan fingerprint density at radius 2 is 1.79 bits per heavy atom. The van der Waals surface area contributed by atoms with Crippen LogP contribution in [0.1, 0.15) is 11.7 Å². The summed E-state index contributed by atoms with van der Waals surface area (Å²) >= 11 is 17.7. The Kier molecular flexibility index (Phi) is 6.54. The van der Waals surface area contributed by atoms with E-state index in [0.717, 1.165) is 0 Å². The summed E-state index contributed by atoms with van der Waals surface area (Å²) in [5.74, 6) is 0. The molecule has 0 bridgehead atoms. The second kappa shape index (κ2) is 8.73. The highest BCUT2D eigenvalue weighted by Crippen LogP contribution is 2.27. The Bertz CT molecular complexity index is 1090. The summed E-state index contributed by atoms with van der Waals surface area (Å²) in [5, 5.41) is 11.0. The van der Waals surface area contributed by atoms with Crippen molar-refractivity contribution in [1.82, 2.24) is 14.7 Å². The van der Waals surface area contributed by atoms with Crippen LogP contribution in [0.4, 0.5) is 0 Å². The lowest BCUT2D eigenvalue weighted by Crippen LogP contribution is -2.28. The molecule has 28 heavy (non-hydrogen) atoms. The van der Waals surface area contributed by atoms with Gasteiger partial charge in [-0.15, -0.1) is 0 Å². The molecule has 1 heterocycles. The lowest BCUT2D eigenvalue weighted by atomic mass is 10.1. The van der Waals surface area contributed by atoms with Gasteiger partial charge in [0.2, 0.25) is 15.3 Å². The van der Waals surface area contributed by atoms with Gasteiger partial charge in [-0.1, -0.05) is 47.5 Å². The number of aliphatic hydroxyl groups is 1. The zero-order valence-electron chi connectivity index (χ0n) is 14.2. The SMILES string of the molecule is O=S(=O)(NCC(O)c1cccc(Cl)c1)c1ccc(-c2nc(Cl)ncc2Cl)cc1. The maximum absolute atomic E-state index is 12.5. The molecule has 0 saturated heterocycles. The number of hydrogen-bond donors (Lipinski definition) is 2. The minimum absolute atomic E-state index is 0.0332. The van der Waals surface area contributed by atoms with Crippen LogP contribution in [0.5, 0.6) is 0 Å². The number of aliphatic hydroxyl groups excluding tert-OH is 1. The van der Waals surface area contributed by atoms with Gasteiger partial charge >= 0.3 is 0 Å². The second-order valence-electron chi connectivity index (χ2n) is 5.78. The van der Waals surface area contributed by atoms with E-state index in [1.165, 1.54) is 18.3 Å². The van der Waals surface area contributed by atoms with Crippen molar-refractivity contribution in [1.29, 1.82) is 0 Å². The van der Waals surface area contributed by atoms with E-state index in [-0.39, 0.29) is 16.7 Å². The van der Waals surface area contributed by atoms with Gasteiger partial charge in [0.05, 0.1) is 27.9 Å². The van der Waals surface area contributed by atoms with Crippen molar-refractivity contribution in [3.8, 4) is 11.3 Å². The van der Waals surface area contributed by atoms with Crippen LogP contribution in [0.25, 0.3) is 11.3 Å². The quantitative estimate of drug-likeness (QED) is 0.542. The molecule has 0 amide bonds. The van der Waals surface area contributed by atoms with Gasteiger partial charge in [0.25, 0.3) is 0 Å².